The average molecular weight is 520 g/mol. The third kappa shape index (κ3) is 4.71. The number of anilines is 1. The summed E-state index contributed by atoms with van der Waals surface area (Å²) >= 11 is 0. The van der Waals surface area contributed by atoms with Crippen LogP contribution >= 0.6 is 0 Å². The lowest BCUT2D eigenvalue weighted by Gasteiger charge is -2.33. The highest BCUT2D eigenvalue weighted by atomic mass is 16.5. The van der Waals surface area contributed by atoms with Gasteiger partial charge in [-0.1, -0.05) is 42.5 Å². The highest BCUT2D eigenvalue weighted by Crippen LogP contribution is 2.58. The van der Waals surface area contributed by atoms with Gasteiger partial charge in [-0.3, -0.25) is 14.4 Å². The number of hydrogen-bond donors (Lipinski definition) is 3. The first-order valence-corrected chi connectivity index (χ1v) is 13.6. The number of nitrogens with zero attached hydrogens (tertiary/aromatic N) is 1. The second-order valence-electron chi connectivity index (χ2n) is 10.9. The minimum absolute atomic E-state index is 0.0888. The summed E-state index contributed by atoms with van der Waals surface area (Å²) in [6, 6.07) is 14.7. The Morgan fingerprint density at radius 1 is 1.08 bits per heavy atom. The summed E-state index contributed by atoms with van der Waals surface area (Å²) in [5.41, 5.74) is 2.64. The van der Waals surface area contributed by atoms with Gasteiger partial charge in [0.05, 0.1) is 17.9 Å². The van der Waals surface area contributed by atoms with Gasteiger partial charge in [-0.2, -0.15) is 0 Å². The fraction of sp³-hybridized carbons (Fsp3) is 0.500. The number of likely N-dealkylation sites (tertiary alicyclic amines) is 1. The van der Waals surface area contributed by atoms with E-state index in [0.717, 1.165) is 23.1 Å². The summed E-state index contributed by atoms with van der Waals surface area (Å²) in [6.45, 7) is 4.75. The molecule has 3 fully saturated rings. The maximum atomic E-state index is 13.9. The molecule has 202 valence electrons. The number of carbonyl (C=O) groups is 3. The molecule has 8 heteroatoms. The van der Waals surface area contributed by atoms with Crippen molar-refractivity contribution in [2.45, 2.75) is 70.2 Å². The van der Waals surface area contributed by atoms with Crippen LogP contribution in [0.15, 0.2) is 48.5 Å². The van der Waals surface area contributed by atoms with Crippen LogP contribution in [0.3, 0.4) is 0 Å². The number of fused-ring (bicyclic) bond motifs is 1. The number of aliphatic hydroxyl groups is 1. The van der Waals surface area contributed by atoms with Crippen LogP contribution in [-0.4, -0.2) is 58.6 Å². The van der Waals surface area contributed by atoms with Crippen molar-refractivity contribution in [3.8, 4) is 0 Å². The molecule has 3 aliphatic rings. The zero-order chi connectivity index (χ0) is 26.9. The van der Waals surface area contributed by atoms with Crippen LogP contribution in [0.2, 0.25) is 0 Å². The van der Waals surface area contributed by atoms with Gasteiger partial charge in [0.25, 0.3) is 0 Å². The van der Waals surface area contributed by atoms with Gasteiger partial charge < -0.3 is 25.4 Å². The van der Waals surface area contributed by atoms with Crippen LogP contribution in [-0.2, 0) is 25.7 Å². The zero-order valence-corrected chi connectivity index (χ0v) is 22.1. The molecule has 5 rings (SSSR count). The molecule has 2 unspecified atom stereocenters. The number of rotatable bonds is 10. The van der Waals surface area contributed by atoms with Crippen molar-refractivity contribution in [2.24, 2.45) is 11.8 Å². The Hall–Kier alpha value is -3.23. The molecule has 8 nitrogen and oxygen atoms in total. The highest BCUT2D eigenvalue weighted by molar-refractivity contribution is 6.03. The van der Waals surface area contributed by atoms with E-state index < -0.39 is 23.5 Å². The Bertz CT molecular complexity index is 1200. The van der Waals surface area contributed by atoms with E-state index in [-0.39, 0.29) is 30.4 Å². The number of nitrogens with one attached hydrogen (secondary N) is 2. The van der Waals surface area contributed by atoms with Crippen molar-refractivity contribution >= 4 is 23.4 Å². The van der Waals surface area contributed by atoms with Crippen LogP contribution in [0, 0.1) is 25.7 Å². The predicted octanol–water partition coefficient (Wildman–Crippen LogP) is 3.10. The summed E-state index contributed by atoms with van der Waals surface area (Å²) in [7, 11) is 0. The molecule has 0 radical (unpaired) electrons. The molecule has 3 aliphatic heterocycles. The van der Waals surface area contributed by atoms with Gasteiger partial charge in [-0.05, 0) is 68.7 Å². The number of carbonyl (C=O) groups excluding carboxylic acids is 3. The molecular weight excluding hydrogens is 482 g/mol. The topological polar surface area (TPSA) is 108 Å². The number of ether oxygens (including phenoxy) is 1. The Morgan fingerprint density at radius 2 is 1.87 bits per heavy atom. The molecule has 0 aliphatic carbocycles. The first kappa shape index (κ1) is 26.4. The Kier molecular flexibility index (Phi) is 7.54. The van der Waals surface area contributed by atoms with Crippen molar-refractivity contribution in [1.29, 1.82) is 0 Å². The molecule has 3 N–H and O–H groups in total. The maximum Gasteiger partial charge on any atom is 0.250 e. The minimum atomic E-state index is -1.02. The van der Waals surface area contributed by atoms with Gasteiger partial charge in [0.1, 0.15) is 11.6 Å². The van der Waals surface area contributed by atoms with E-state index >= 15 is 0 Å². The fourth-order valence-electron chi connectivity index (χ4n) is 6.54. The molecule has 2 aromatic carbocycles. The molecule has 3 heterocycles. The van der Waals surface area contributed by atoms with Crippen molar-refractivity contribution in [3.63, 3.8) is 0 Å². The smallest absolute Gasteiger partial charge is 0.250 e. The van der Waals surface area contributed by atoms with E-state index in [1.807, 2.05) is 62.4 Å². The largest absolute Gasteiger partial charge is 0.396 e. The van der Waals surface area contributed by atoms with Gasteiger partial charge in [-0.15, -0.1) is 0 Å². The summed E-state index contributed by atoms with van der Waals surface area (Å²) in [5.74, 6) is -1.97. The third-order valence-electron chi connectivity index (χ3n) is 8.37. The van der Waals surface area contributed by atoms with Crippen LogP contribution in [0.1, 0.15) is 48.8 Å². The number of hydrogen-bond acceptors (Lipinski definition) is 5. The van der Waals surface area contributed by atoms with Crippen molar-refractivity contribution in [3.05, 3.63) is 65.2 Å². The first-order chi connectivity index (χ1) is 18.4. The van der Waals surface area contributed by atoms with E-state index in [9.17, 15) is 19.5 Å². The molecular formula is C30H37N3O5. The summed E-state index contributed by atoms with van der Waals surface area (Å²) in [4.78, 5) is 43.0. The molecule has 0 aromatic heterocycles. The first-order valence-electron chi connectivity index (χ1n) is 13.6. The lowest BCUT2D eigenvalue weighted by Crippen LogP contribution is -2.53. The van der Waals surface area contributed by atoms with Crippen LogP contribution in [0.25, 0.3) is 0 Å². The number of aryl methyl sites for hydroxylation is 2. The Balaban J connectivity index is 1.41. The summed E-state index contributed by atoms with van der Waals surface area (Å²) in [6.07, 6.45) is 2.86. The Morgan fingerprint density at radius 3 is 2.63 bits per heavy atom. The number of unbranched alkanes of at least 4 members (excludes halogenated alkanes) is 2. The van der Waals surface area contributed by atoms with E-state index in [4.69, 9.17) is 4.74 Å². The highest BCUT2D eigenvalue weighted by Gasteiger charge is 2.74. The van der Waals surface area contributed by atoms with Crippen LogP contribution in [0.4, 0.5) is 5.69 Å². The molecule has 3 amide bonds. The molecule has 5 atom stereocenters. The van der Waals surface area contributed by atoms with Gasteiger partial charge >= 0.3 is 0 Å². The number of benzene rings is 2. The van der Waals surface area contributed by atoms with Gasteiger partial charge in [-0.25, -0.2) is 0 Å². The van der Waals surface area contributed by atoms with E-state index in [1.54, 1.807) is 4.90 Å². The van der Waals surface area contributed by atoms with Crippen molar-refractivity contribution in [1.82, 2.24) is 10.2 Å². The summed E-state index contributed by atoms with van der Waals surface area (Å²) in [5, 5.41) is 15.3. The van der Waals surface area contributed by atoms with Gasteiger partial charge in [0.15, 0.2) is 0 Å². The lowest BCUT2D eigenvalue weighted by atomic mass is 9.70. The second kappa shape index (κ2) is 10.9. The summed E-state index contributed by atoms with van der Waals surface area (Å²) < 4.78 is 6.50. The third-order valence-corrected chi connectivity index (χ3v) is 8.37. The van der Waals surface area contributed by atoms with Crippen LogP contribution < -0.4 is 10.6 Å². The predicted molar refractivity (Wildman–Crippen MR) is 143 cm³/mol. The lowest BCUT2D eigenvalue weighted by molar-refractivity contribution is -0.141. The molecule has 2 bridgehead atoms. The van der Waals surface area contributed by atoms with Crippen LogP contribution in [0.5, 0.6) is 0 Å². The van der Waals surface area contributed by atoms with E-state index in [1.165, 1.54) is 0 Å². The van der Waals surface area contributed by atoms with E-state index in [2.05, 4.69) is 10.6 Å². The fourth-order valence-corrected chi connectivity index (χ4v) is 6.54. The quantitative estimate of drug-likeness (QED) is 0.418. The zero-order valence-electron chi connectivity index (χ0n) is 22.1. The van der Waals surface area contributed by atoms with Crippen molar-refractivity contribution in [2.75, 3.05) is 18.5 Å². The van der Waals surface area contributed by atoms with Gasteiger partial charge in [0, 0.05) is 25.4 Å². The number of aliphatic hydroxyl groups excluding tert-OH is 1. The standard InChI is InChI=1S/C30H37N3O5/c1-19-11-12-20(2)22(17-19)32-28(36)26-30-14-13-23(38-30)24(27(35)31-18-21-9-5-3-6-10-21)25(30)29(37)33(26)15-7-4-8-16-34/h3,5-6,9-12,17,23-26,34H,4,7-8,13-16,18H2,1-2H3,(H,31,35)(H,32,36)/t23-,24+,25+,26?,30?/m1/s1. The monoisotopic (exact) mass is 519 g/mol. The van der Waals surface area contributed by atoms with Crippen molar-refractivity contribution < 1.29 is 24.2 Å². The molecule has 1 spiro atoms. The normalized spacial score (nSPS) is 27.4. The van der Waals surface area contributed by atoms with Gasteiger partial charge in [0.2, 0.25) is 17.7 Å². The number of amides is 3. The molecule has 2 aromatic rings. The minimum Gasteiger partial charge on any atom is -0.396 e. The molecule has 3 saturated heterocycles. The molecule has 0 saturated carbocycles. The molecule has 38 heavy (non-hydrogen) atoms. The average Bonchev–Trinajstić information content (AvgIpc) is 3.55. The Labute approximate surface area is 223 Å². The second-order valence-corrected chi connectivity index (χ2v) is 10.9. The SMILES string of the molecule is Cc1ccc(C)c(NC(=O)C2N(CCCCCO)C(=O)[C@@H]3[C@@H](C(=O)NCc4ccccc4)[C@H]4CCC23O4)c1. The van der Waals surface area contributed by atoms with E-state index in [0.29, 0.717) is 44.5 Å². The maximum absolute atomic E-state index is 13.9.